The van der Waals surface area contributed by atoms with Gasteiger partial charge in [0.1, 0.15) is 11.6 Å². The fraction of sp³-hybridized carbons (Fsp3) is 0.778. The van der Waals surface area contributed by atoms with Crippen LogP contribution in [0.5, 0.6) is 0 Å². The highest BCUT2D eigenvalue weighted by Gasteiger charge is 2.49. The van der Waals surface area contributed by atoms with Crippen molar-refractivity contribution in [2.45, 2.75) is 107 Å². The Morgan fingerprint density at radius 3 is 2.45 bits per heavy atom. The van der Waals surface area contributed by atoms with E-state index in [0.29, 0.717) is 5.69 Å². The Bertz CT molecular complexity index is 1140. The zero-order chi connectivity index (χ0) is 30.7. The van der Waals surface area contributed by atoms with Crippen molar-refractivity contribution in [2.75, 3.05) is 19.8 Å². The molecule has 42 heavy (non-hydrogen) atoms. The molecule has 234 valence electrons. The van der Waals surface area contributed by atoms with Crippen LogP contribution in [0.2, 0.25) is 0 Å². The minimum atomic E-state index is -1.68. The van der Waals surface area contributed by atoms with E-state index in [9.17, 15) is 29.4 Å². The molecule has 15 nitrogen and oxygen atoms in total. The van der Waals surface area contributed by atoms with Crippen LogP contribution in [0.3, 0.4) is 0 Å². The number of aromatic nitrogens is 3. The van der Waals surface area contributed by atoms with Crippen LogP contribution in [0, 0.1) is 5.92 Å². The number of aliphatic hydroxyl groups excluding tert-OH is 1. The minimum Gasteiger partial charge on any atom is -0.436 e. The second-order valence-corrected chi connectivity index (χ2v) is 12.2. The molecule has 3 fully saturated rings. The molecule has 1 aromatic heterocycles. The van der Waals surface area contributed by atoms with Crippen LogP contribution in [-0.2, 0) is 29.5 Å². The van der Waals surface area contributed by atoms with Gasteiger partial charge in [0, 0.05) is 26.2 Å². The summed E-state index contributed by atoms with van der Waals surface area (Å²) in [4.78, 5) is 53.2. The standard InChI is InChI=1S/C27H43N7O8/c1-26(2,40)20-14-30-32-34(20)17-13-18(23(37)31-27(21(35)22(28)36)8-10-41-11-9-27)33(15-17)24(38)19(42-25(29)39)12-16-6-4-3-5-7-16/h14,16-19,21,35,40H,3-13,15H2,1-2H3,(H2,28,36)(H2,29,39)(H,31,37)/t17-,18-,19+,21?/m0/s1. The number of ether oxygens (including phenoxy) is 2. The number of aliphatic hydroxyl groups is 2. The molecule has 3 aliphatic rings. The van der Waals surface area contributed by atoms with Crippen LogP contribution in [0.25, 0.3) is 0 Å². The summed E-state index contributed by atoms with van der Waals surface area (Å²) in [7, 11) is 0. The zero-order valence-electron chi connectivity index (χ0n) is 24.2. The molecule has 1 saturated carbocycles. The Kier molecular flexibility index (Phi) is 9.73. The monoisotopic (exact) mass is 593 g/mol. The van der Waals surface area contributed by atoms with Gasteiger partial charge in [-0.2, -0.15) is 0 Å². The first-order chi connectivity index (χ1) is 19.8. The number of nitrogens with zero attached hydrogens (tertiary/aromatic N) is 4. The van der Waals surface area contributed by atoms with E-state index >= 15 is 0 Å². The lowest BCUT2D eigenvalue weighted by Gasteiger charge is -2.41. The zero-order valence-corrected chi connectivity index (χ0v) is 24.2. The van der Waals surface area contributed by atoms with E-state index in [2.05, 4.69) is 15.6 Å². The molecule has 0 spiro atoms. The number of carbonyl (C=O) groups excluding carboxylic acids is 4. The lowest BCUT2D eigenvalue weighted by atomic mass is 9.83. The average molecular weight is 594 g/mol. The second kappa shape index (κ2) is 12.9. The first-order valence-corrected chi connectivity index (χ1v) is 14.6. The van der Waals surface area contributed by atoms with Crippen molar-refractivity contribution in [3.63, 3.8) is 0 Å². The van der Waals surface area contributed by atoms with Gasteiger partial charge >= 0.3 is 6.09 Å². The van der Waals surface area contributed by atoms with Gasteiger partial charge in [0.15, 0.2) is 12.2 Å². The largest absolute Gasteiger partial charge is 0.436 e. The van der Waals surface area contributed by atoms with E-state index in [1.54, 1.807) is 13.8 Å². The highest BCUT2D eigenvalue weighted by atomic mass is 16.6. The number of carbonyl (C=O) groups is 4. The van der Waals surface area contributed by atoms with Crippen molar-refractivity contribution in [3.8, 4) is 0 Å². The van der Waals surface area contributed by atoms with Crippen molar-refractivity contribution in [1.82, 2.24) is 25.2 Å². The molecule has 3 heterocycles. The van der Waals surface area contributed by atoms with Gasteiger partial charge in [-0.25, -0.2) is 9.48 Å². The van der Waals surface area contributed by atoms with Gasteiger partial charge in [0.2, 0.25) is 11.8 Å². The molecule has 0 aromatic carbocycles. The number of rotatable bonds is 10. The molecule has 1 unspecified atom stereocenters. The molecular weight excluding hydrogens is 550 g/mol. The molecule has 0 radical (unpaired) electrons. The Balaban J connectivity index is 1.65. The highest BCUT2D eigenvalue weighted by molar-refractivity contribution is 5.92. The Labute approximate surface area is 244 Å². The van der Waals surface area contributed by atoms with E-state index in [1.807, 2.05) is 0 Å². The predicted molar refractivity (Wildman–Crippen MR) is 146 cm³/mol. The molecule has 2 aliphatic heterocycles. The normalized spacial score (nSPS) is 24.5. The van der Waals surface area contributed by atoms with Crippen molar-refractivity contribution in [3.05, 3.63) is 11.9 Å². The predicted octanol–water partition coefficient (Wildman–Crippen LogP) is -0.407. The summed E-state index contributed by atoms with van der Waals surface area (Å²) in [6.07, 6.45) is 2.98. The second-order valence-electron chi connectivity index (χ2n) is 12.2. The van der Waals surface area contributed by atoms with Crippen molar-refractivity contribution in [2.24, 2.45) is 17.4 Å². The molecule has 4 rings (SSSR count). The van der Waals surface area contributed by atoms with E-state index < -0.39 is 59.2 Å². The number of amides is 4. The average Bonchev–Trinajstić information content (AvgIpc) is 3.61. The molecule has 1 aliphatic carbocycles. The van der Waals surface area contributed by atoms with Crippen LogP contribution >= 0.6 is 0 Å². The number of nitrogens with two attached hydrogens (primary N) is 2. The third-order valence-corrected chi connectivity index (χ3v) is 8.77. The topological polar surface area (TPSA) is 225 Å². The van der Waals surface area contributed by atoms with Crippen LogP contribution in [-0.4, -0.2) is 97.5 Å². The Morgan fingerprint density at radius 1 is 1.19 bits per heavy atom. The number of hydrogen-bond donors (Lipinski definition) is 5. The number of primary amides is 2. The molecule has 15 heteroatoms. The van der Waals surface area contributed by atoms with Crippen molar-refractivity contribution in [1.29, 1.82) is 0 Å². The summed E-state index contributed by atoms with van der Waals surface area (Å²) in [5, 5.41) is 32.3. The van der Waals surface area contributed by atoms with Crippen molar-refractivity contribution >= 4 is 23.8 Å². The minimum absolute atomic E-state index is 0.00112. The van der Waals surface area contributed by atoms with Crippen LogP contribution in [0.15, 0.2) is 6.20 Å². The molecule has 4 amide bonds. The van der Waals surface area contributed by atoms with Crippen LogP contribution < -0.4 is 16.8 Å². The third-order valence-electron chi connectivity index (χ3n) is 8.77. The number of hydrogen-bond acceptors (Lipinski definition) is 10. The molecule has 1 aromatic rings. The van der Waals surface area contributed by atoms with Gasteiger partial charge in [0.25, 0.3) is 5.91 Å². The first-order valence-electron chi connectivity index (χ1n) is 14.6. The lowest BCUT2D eigenvalue weighted by molar-refractivity contribution is -0.148. The summed E-state index contributed by atoms with van der Waals surface area (Å²) in [5.74, 6) is -2.03. The van der Waals surface area contributed by atoms with Gasteiger partial charge in [-0.05, 0) is 39.0 Å². The molecule has 0 bridgehead atoms. The maximum atomic E-state index is 14.1. The summed E-state index contributed by atoms with van der Waals surface area (Å²) in [6, 6.07) is -1.66. The maximum absolute atomic E-state index is 14.1. The fourth-order valence-electron chi connectivity index (χ4n) is 6.49. The summed E-state index contributed by atoms with van der Waals surface area (Å²) in [5.41, 5.74) is 8.48. The Morgan fingerprint density at radius 2 is 1.86 bits per heavy atom. The van der Waals surface area contributed by atoms with Crippen LogP contribution in [0.4, 0.5) is 4.79 Å². The van der Waals surface area contributed by atoms with E-state index in [1.165, 1.54) is 15.8 Å². The van der Waals surface area contributed by atoms with Gasteiger partial charge in [0.05, 0.1) is 23.5 Å². The van der Waals surface area contributed by atoms with Crippen LogP contribution in [0.1, 0.15) is 83.4 Å². The van der Waals surface area contributed by atoms with Gasteiger partial charge in [-0.3, -0.25) is 14.4 Å². The quantitative estimate of drug-likeness (QED) is 0.236. The highest BCUT2D eigenvalue weighted by Crippen LogP contribution is 2.35. The summed E-state index contributed by atoms with van der Waals surface area (Å²) < 4.78 is 12.2. The molecular formula is C27H43N7O8. The maximum Gasteiger partial charge on any atom is 0.405 e. The number of likely N-dealkylation sites (tertiary alicyclic amines) is 1. The fourth-order valence-corrected chi connectivity index (χ4v) is 6.49. The van der Waals surface area contributed by atoms with E-state index in [0.717, 1.165) is 32.1 Å². The van der Waals surface area contributed by atoms with E-state index in [4.69, 9.17) is 20.9 Å². The van der Waals surface area contributed by atoms with E-state index in [-0.39, 0.29) is 51.4 Å². The van der Waals surface area contributed by atoms with Crippen molar-refractivity contribution < 1.29 is 38.9 Å². The molecule has 2 saturated heterocycles. The SMILES string of the molecule is CC(C)(O)c1cnnn1[C@H]1C[C@@H](C(=O)NC2(C(O)C(N)=O)CCOCC2)N(C(=O)[C@@H](CC2CCCCC2)OC(N)=O)C1. The van der Waals surface area contributed by atoms with Gasteiger partial charge in [-0.15, -0.1) is 5.10 Å². The number of nitrogens with one attached hydrogen (secondary N) is 1. The molecule has 4 atom stereocenters. The van der Waals surface area contributed by atoms with Gasteiger partial charge < -0.3 is 41.4 Å². The first kappa shape index (κ1) is 31.6. The molecule has 7 N–H and O–H groups in total. The summed E-state index contributed by atoms with van der Waals surface area (Å²) >= 11 is 0. The third kappa shape index (κ3) is 7.01. The Hall–Kier alpha value is -3.30. The lowest BCUT2D eigenvalue weighted by Crippen LogP contribution is -2.65. The van der Waals surface area contributed by atoms with Gasteiger partial charge in [-0.1, -0.05) is 37.3 Å². The summed E-state index contributed by atoms with van der Waals surface area (Å²) in [6.45, 7) is 3.52. The smallest absolute Gasteiger partial charge is 0.405 e.